The number of halogens is 3. The summed E-state index contributed by atoms with van der Waals surface area (Å²) in [5.41, 5.74) is -0.0362. The fourth-order valence-corrected chi connectivity index (χ4v) is 5.28. The normalized spacial score (nSPS) is 16.6. The molecule has 34 heavy (non-hydrogen) atoms. The van der Waals surface area contributed by atoms with Crippen LogP contribution in [0.1, 0.15) is 30.9 Å². The third-order valence-corrected chi connectivity index (χ3v) is 7.51. The quantitative estimate of drug-likeness (QED) is 0.615. The summed E-state index contributed by atoms with van der Waals surface area (Å²) >= 11 is 0. The first-order chi connectivity index (χ1) is 16.0. The largest absolute Gasteiger partial charge is 0.416 e. The van der Waals surface area contributed by atoms with Gasteiger partial charge in [-0.1, -0.05) is 30.3 Å². The van der Waals surface area contributed by atoms with E-state index in [1.165, 1.54) is 11.2 Å². The standard InChI is InChI=1S/C23H26F3N3O4S/c1-16(30)27-21(15-17-5-3-2-4-6-17)22(31)28-19-11-13-29(14-12-19)34(32,33)20-9-7-18(8-10-20)23(24,25)26/h2-10,19,21H,11-15H2,1H3,(H,27,30)(H,28,31)/t21-/m0/s1. The summed E-state index contributed by atoms with van der Waals surface area (Å²) in [6, 6.07) is 11.6. The lowest BCUT2D eigenvalue weighted by Gasteiger charge is -2.32. The second-order valence-corrected chi connectivity index (χ2v) is 10.1. The van der Waals surface area contributed by atoms with Crippen molar-refractivity contribution in [2.24, 2.45) is 0 Å². The van der Waals surface area contributed by atoms with Gasteiger partial charge < -0.3 is 10.6 Å². The van der Waals surface area contributed by atoms with Gasteiger partial charge >= 0.3 is 6.18 Å². The Morgan fingerprint density at radius 3 is 2.15 bits per heavy atom. The van der Waals surface area contributed by atoms with E-state index in [0.717, 1.165) is 29.8 Å². The first-order valence-corrected chi connectivity index (χ1v) is 12.2. The Kier molecular flexibility index (Phi) is 7.98. The molecule has 1 aliphatic heterocycles. The molecule has 0 saturated carbocycles. The van der Waals surface area contributed by atoms with Crippen LogP contribution in [0, 0.1) is 0 Å². The van der Waals surface area contributed by atoms with Crippen LogP contribution in [0.25, 0.3) is 0 Å². The topological polar surface area (TPSA) is 95.6 Å². The highest BCUT2D eigenvalue weighted by Gasteiger charge is 2.33. The molecule has 0 spiro atoms. The summed E-state index contributed by atoms with van der Waals surface area (Å²) < 4.78 is 65.1. The van der Waals surface area contributed by atoms with Crippen molar-refractivity contribution in [2.75, 3.05) is 13.1 Å². The zero-order chi connectivity index (χ0) is 24.9. The van der Waals surface area contributed by atoms with Crippen molar-refractivity contribution in [3.05, 3.63) is 65.7 Å². The molecule has 0 unspecified atom stereocenters. The van der Waals surface area contributed by atoms with Gasteiger partial charge in [0.25, 0.3) is 0 Å². The summed E-state index contributed by atoms with van der Waals surface area (Å²) in [7, 11) is -3.95. The average molecular weight is 498 g/mol. The maximum absolute atomic E-state index is 12.8. The number of nitrogens with one attached hydrogen (secondary N) is 2. The minimum Gasteiger partial charge on any atom is -0.351 e. The number of carbonyl (C=O) groups excluding carboxylic acids is 2. The zero-order valence-electron chi connectivity index (χ0n) is 18.5. The Morgan fingerprint density at radius 1 is 1.03 bits per heavy atom. The number of hydrogen-bond acceptors (Lipinski definition) is 4. The van der Waals surface area contributed by atoms with E-state index in [1.807, 2.05) is 30.3 Å². The number of benzene rings is 2. The number of sulfonamides is 1. The van der Waals surface area contributed by atoms with Crippen molar-refractivity contribution in [2.45, 2.75) is 49.3 Å². The molecule has 1 atom stereocenters. The molecule has 1 heterocycles. The Hall–Kier alpha value is -2.92. The summed E-state index contributed by atoms with van der Waals surface area (Å²) in [6.07, 6.45) is -3.56. The molecule has 1 saturated heterocycles. The third kappa shape index (κ3) is 6.57. The number of hydrogen-bond donors (Lipinski definition) is 2. The van der Waals surface area contributed by atoms with Crippen molar-refractivity contribution in [3.8, 4) is 0 Å². The number of carbonyl (C=O) groups is 2. The molecule has 2 aromatic carbocycles. The molecule has 3 rings (SSSR count). The van der Waals surface area contributed by atoms with Crippen molar-refractivity contribution >= 4 is 21.8 Å². The molecule has 1 fully saturated rings. The minimum atomic E-state index is -4.55. The van der Waals surface area contributed by atoms with Crippen LogP contribution in [0.2, 0.25) is 0 Å². The molecule has 0 bridgehead atoms. The zero-order valence-corrected chi connectivity index (χ0v) is 19.3. The van der Waals surface area contributed by atoms with Gasteiger partial charge in [-0.2, -0.15) is 17.5 Å². The Morgan fingerprint density at radius 2 is 1.62 bits per heavy atom. The fraction of sp³-hybridized carbons (Fsp3) is 0.391. The molecule has 2 N–H and O–H groups in total. The van der Waals surface area contributed by atoms with Gasteiger partial charge in [0.2, 0.25) is 21.8 Å². The average Bonchev–Trinajstić information content (AvgIpc) is 2.79. The monoisotopic (exact) mass is 497 g/mol. The van der Waals surface area contributed by atoms with E-state index < -0.39 is 27.8 Å². The molecule has 1 aliphatic rings. The SMILES string of the molecule is CC(=O)N[C@@H](Cc1ccccc1)C(=O)NC1CCN(S(=O)(=O)c2ccc(C(F)(F)F)cc2)CC1. The predicted octanol–water partition coefficient (Wildman–Crippen LogP) is 2.72. The van der Waals surface area contributed by atoms with Crippen LogP contribution in [0.5, 0.6) is 0 Å². The van der Waals surface area contributed by atoms with Crippen LogP contribution in [0.15, 0.2) is 59.5 Å². The molecular weight excluding hydrogens is 471 g/mol. The number of amides is 2. The van der Waals surface area contributed by atoms with Gasteiger partial charge in [-0.05, 0) is 42.7 Å². The van der Waals surface area contributed by atoms with E-state index in [0.29, 0.717) is 19.3 Å². The van der Waals surface area contributed by atoms with Crippen LogP contribution in [-0.4, -0.2) is 49.7 Å². The van der Waals surface area contributed by atoms with Gasteiger partial charge in [0.15, 0.2) is 0 Å². The van der Waals surface area contributed by atoms with E-state index >= 15 is 0 Å². The molecule has 11 heteroatoms. The van der Waals surface area contributed by atoms with Crippen molar-refractivity contribution in [1.82, 2.24) is 14.9 Å². The summed E-state index contributed by atoms with van der Waals surface area (Å²) in [4.78, 5) is 24.2. The predicted molar refractivity (Wildman–Crippen MR) is 119 cm³/mol. The lowest BCUT2D eigenvalue weighted by Crippen LogP contribution is -2.53. The summed E-state index contributed by atoms with van der Waals surface area (Å²) in [6.45, 7) is 1.55. The maximum Gasteiger partial charge on any atom is 0.416 e. The van der Waals surface area contributed by atoms with Crippen molar-refractivity contribution < 1.29 is 31.2 Å². The molecule has 2 aromatic rings. The van der Waals surface area contributed by atoms with Crippen LogP contribution in [-0.2, 0) is 32.2 Å². The summed E-state index contributed by atoms with van der Waals surface area (Å²) in [5, 5.41) is 5.53. The second kappa shape index (κ2) is 10.6. The number of nitrogens with zero attached hydrogens (tertiary/aromatic N) is 1. The molecule has 0 aromatic heterocycles. The highest BCUT2D eigenvalue weighted by molar-refractivity contribution is 7.89. The minimum absolute atomic E-state index is 0.109. The van der Waals surface area contributed by atoms with Crippen LogP contribution >= 0.6 is 0 Å². The number of piperidine rings is 1. The first-order valence-electron chi connectivity index (χ1n) is 10.8. The van der Waals surface area contributed by atoms with Crippen LogP contribution in [0.3, 0.4) is 0 Å². The number of rotatable bonds is 7. The molecule has 184 valence electrons. The Labute approximate surface area is 196 Å². The van der Waals surface area contributed by atoms with E-state index in [9.17, 15) is 31.2 Å². The summed E-state index contributed by atoms with van der Waals surface area (Å²) in [5.74, 6) is -0.698. The smallest absolute Gasteiger partial charge is 0.351 e. The lowest BCUT2D eigenvalue weighted by atomic mass is 10.0. The number of alkyl halides is 3. The molecule has 0 aliphatic carbocycles. The van der Waals surface area contributed by atoms with Crippen LogP contribution in [0.4, 0.5) is 13.2 Å². The van der Waals surface area contributed by atoms with Crippen molar-refractivity contribution in [3.63, 3.8) is 0 Å². The second-order valence-electron chi connectivity index (χ2n) is 8.15. The highest BCUT2D eigenvalue weighted by Crippen LogP contribution is 2.30. The van der Waals surface area contributed by atoms with Crippen LogP contribution < -0.4 is 10.6 Å². The van der Waals surface area contributed by atoms with Gasteiger partial charge in [-0.3, -0.25) is 9.59 Å². The van der Waals surface area contributed by atoms with E-state index in [2.05, 4.69) is 10.6 Å². The molecular formula is C23H26F3N3O4S. The van der Waals surface area contributed by atoms with Gasteiger partial charge in [0.05, 0.1) is 10.5 Å². The van der Waals surface area contributed by atoms with Gasteiger partial charge in [-0.25, -0.2) is 8.42 Å². The molecule has 2 amide bonds. The van der Waals surface area contributed by atoms with E-state index in [-0.39, 0.29) is 35.8 Å². The highest BCUT2D eigenvalue weighted by atomic mass is 32.2. The Bertz CT molecular complexity index is 1100. The molecule has 0 radical (unpaired) electrons. The first kappa shape index (κ1) is 25.7. The van der Waals surface area contributed by atoms with Gasteiger partial charge in [0, 0.05) is 32.5 Å². The lowest BCUT2D eigenvalue weighted by molar-refractivity contribution is -0.137. The molecule has 7 nitrogen and oxygen atoms in total. The Balaban J connectivity index is 1.59. The van der Waals surface area contributed by atoms with Crippen molar-refractivity contribution in [1.29, 1.82) is 0 Å². The maximum atomic E-state index is 12.8. The third-order valence-electron chi connectivity index (χ3n) is 5.60. The van der Waals surface area contributed by atoms with E-state index in [4.69, 9.17) is 0 Å². The fourth-order valence-electron chi connectivity index (χ4n) is 3.81. The van der Waals surface area contributed by atoms with Gasteiger partial charge in [0.1, 0.15) is 6.04 Å². The van der Waals surface area contributed by atoms with Gasteiger partial charge in [-0.15, -0.1) is 0 Å². The van der Waals surface area contributed by atoms with E-state index in [1.54, 1.807) is 0 Å².